The van der Waals surface area contributed by atoms with Crippen LogP contribution in [0.25, 0.3) is 89.2 Å². The fraction of sp³-hybridized carbons (Fsp3) is 0.0566. The molecule has 0 aliphatic heterocycles. The maximum absolute atomic E-state index is 10.0. The molecule has 1 heterocycles. The first-order valence-electron chi connectivity index (χ1n) is 34.9. The van der Waals surface area contributed by atoms with E-state index in [1.165, 1.54) is 0 Å². The third-order valence-electron chi connectivity index (χ3n) is 8.37. The van der Waals surface area contributed by atoms with Gasteiger partial charge in [0.15, 0.2) is 5.82 Å². The van der Waals surface area contributed by atoms with Crippen LogP contribution in [0.1, 0.15) is 76.9 Å². The minimum atomic E-state index is -4.12. The molecule has 0 saturated heterocycles. The Hall–Kier alpha value is -6.90. The van der Waals surface area contributed by atoms with Crippen LogP contribution in [0, 0.1) is 0 Å². The summed E-state index contributed by atoms with van der Waals surface area (Å²) in [6, 6.07) is -36.7. The van der Waals surface area contributed by atoms with Crippen LogP contribution in [0.2, 0.25) is 0 Å². The molecule has 1 aromatic heterocycles. The van der Waals surface area contributed by atoms with Crippen LogP contribution in [-0.2, 0) is 5.41 Å². The van der Waals surface area contributed by atoms with E-state index in [1.807, 2.05) is 0 Å². The normalized spacial score (nSPS) is 22.9. The molecule has 0 unspecified atom stereocenters. The molecule has 1 aliphatic rings. The Morgan fingerprint density at radius 2 is 0.836 bits per heavy atom. The van der Waals surface area contributed by atoms with Gasteiger partial charge in [0.05, 0.1) is 55.3 Å². The standard InChI is InChI=1S/C53H38N2/c1-53(2)48-32-39(36-17-8-4-9-18-36)25-27-45(48)46-28-26-40(33-49(46)53)42-29-30-47(44-24-13-12-23-43(42)44)51-34-50(54-52(55-51)37-19-10-5-11-20-37)41-22-14-21-38(31-41)35-15-6-3-7-16-35/h3-34H,1-2H3/i1D3,2D3,3D,4D,5D,6D,7D,8D,9D,10D,11D,12D,13D,14D,15D,16D,17D,18D,19D,20D,21D,22D,23D,24D,25D,26D,27D,28D,29D,30D,31D,32D,33D,34D. The number of hydrogen-bond acceptors (Lipinski definition) is 2. The molecule has 0 spiro atoms. The summed E-state index contributed by atoms with van der Waals surface area (Å²) < 4.78 is 343. The van der Waals surface area contributed by atoms with Crippen molar-refractivity contribution in [1.29, 1.82) is 0 Å². The Labute approximate surface area is 375 Å². The second-order valence-corrected chi connectivity index (χ2v) is 11.6. The minimum Gasteiger partial charge on any atom is -0.228 e. The molecule has 0 saturated carbocycles. The summed E-state index contributed by atoms with van der Waals surface area (Å²) in [7, 11) is 0. The molecular weight excluding hydrogens is 665 g/mol. The van der Waals surface area contributed by atoms with Gasteiger partial charge in [-0.15, -0.1) is 0 Å². The van der Waals surface area contributed by atoms with Gasteiger partial charge in [0.25, 0.3) is 0 Å². The van der Waals surface area contributed by atoms with E-state index in [0.29, 0.717) is 0 Å². The topological polar surface area (TPSA) is 25.8 Å². The van der Waals surface area contributed by atoms with Crippen molar-refractivity contribution < 1.29 is 52.1 Å². The van der Waals surface area contributed by atoms with Crippen molar-refractivity contribution in [3.8, 4) is 78.4 Å². The second kappa shape index (κ2) is 13.2. The summed E-state index contributed by atoms with van der Waals surface area (Å²) in [6.07, 6.45) is 0. The number of fused-ring (bicyclic) bond motifs is 4. The molecule has 9 aromatic rings. The first-order chi connectivity index (χ1) is 42.9. The maximum Gasteiger partial charge on any atom is 0.160 e. The molecule has 2 heteroatoms. The van der Waals surface area contributed by atoms with Gasteiger partial charge in [0, 0.05) is 30.3 Å². The number of hydrogen-bond donors (Lipinski definition) is 0. The molecule has 2 nitrogen and oxygen atoms in total. The summed E-state index contributed by atoms with van der Waals surface area (Å²) in [5, 5.41) is -2.08. The van der Waals surface area contributed by atoms with Gasteiger partial charge in [0.2, 0.25) is 0 Å². The van der Waals surface area contributed by atoms with Crippen LogP contribution in [0.3, 0.4) is 0 Å². The monoisotopic (exact) mass is 741 g/mol. The molecule has 0 N–H and O–H groups in total. The smallest absolute Gasteiger partial charge is 0.160 e. The fourth-order valence-corrected chi connectivity index (χ4v) is 5.88. The fourth-order valence-electron chi connectivity index (χ4n) is 5.88. The van der Waals surface area contributed by atoms with Crippen molar-refractivity contribution in [2.45, 2.75) is 19.1 Å². The highest BCUT2D eigenvalue weighted by Crippen LogP contribution is 2.51. The highest BCUT2D eigenvalue weighted by atomic mass is 14.9. The molecular formula is C53H38N2. The molecule has 0 fully saturated rings. The maximum atomic E-state index is 10.0. The highest BCUT2D eigenvalue weighted by Gasteiger charge is 2.36. The quantitative estimate of drug-likeness (QED) is 0.170. The lowest BCUT2D eigenvalue weighted by Gasteiger charge is -2.23. The van der Waals surface area contributed by atoms with Gasteiger partial charge in [-0.2, -0.15) is 0 Å². The predicted molar refractivity (Wildman–Crippen MR) is 230 cm³/mol. The molecule has 55 heavy (non-hydrogen) atoms. The molecule has 10 rings (SSSR count). The lowest BCUT2D eigenvalue weighted by molar-refractivity contribution is 0.661. The number of nitrogens with zero attached hydrogens (tertiary/aromatic N) is 2. The van der Waals surface area contributed by atoms with Crippen molar-refractivity contribution in [2.75, 3.05) is 0 Å². The Morgan fingerprint density at radius 1 is 0.364 bits per heavy atom. The van der Waals surface area contributed by atoms with Crippen molar-refractivity contribution >= 4 is 10.8 Å². The van der Waals surface area contributed by atoms with Crippen LogP contribution in [0.5, 0.6) is 0 Å². The molecule has 0 atom stereocenters. The lowest BCUT2D eigenvalue weighted by Crippen LogP contribution is -2.15. The zero-order chi connectivity index (χ0) is 69.8. The average molecular weight is 741 g/mol. The highest BCUT2D eigenvalue weighted by molar-refractivity contribution is 6.05. The van der Waals surface area contributed by atoms with E-state index in [-0.39, 0.29) is 0 Å². The van der Waals surface area contributed by atoms with Crippen LogP contribution in [0.4, 0.5) is 0 Å². The van der Waals surface area contributed by atoms with E-state index in [9.17, 15) is 16.4 Å². The molecule has 260 valence electrons. The van der Waals surface area contributed by atoms with Gasteiger partial charge in [-0.05, 0) is 90.6 Å². The van der Waals surface area contributed by atoms with Crippen LogP contribution >= 0.6 is 0 Å². The Morgan fingerprint density at radius 3 is 1.49 bits per heavy atom. The molecule has 1 aliphatic carbocycles. The third-order valence-corrected chi connectivity index (χ3v) is 8.37. The summed E-state index contributed by atoms with van der Waals surface area (Å²) >= 11 is 0. The molecule has 8 aromatic carbocycles. The summed E-state index contributed by atoms with van der Waals surface area (Å²) in [5.41, 5.74) is -20.0. The van der Waals surface area contributed by atoms with Crippen LogP contribution in [-0.4, -0.2) is 9.97 Å². The van der Waals surface area contributed by atoms with Crippen molar-refractivity contribution in [1.82, 2.24) is 9.97 Å². The van der Waals surface area contributed by atoms with Gasteiger partial charge < -0.3 is 0 Å². The van der Waals surface area contributed by atoms with E-state index >= 15 is 0 Å². The SMILES string of the molecule is [2H]c1c(-c2c([2H])c([2H])c([2H])c(-c3c([2H])c([2H])c([2H])c([2H])c3[2H])c2[2H])nc(-c2c([2H])c([2H])c([2H])c([2H])c2[2H])nc1-c1c([2H])c([2H])c(-c2c([2H])c([2H])c3c(c2[2H])C(C([2H])([2H])[2H])(C([2H])([2H])[2H])c2c([2H])c(-c4c([2H])c([2H])c([2H])c([2H])c4[2H])c([2H])c([2H])c2-3)c2c([2H])c([2H])c([2H])c([2H])c12. The van der Waals surface area contributed by atoms with Crippen molar-refractivity contribution in [2.24, 2.45) is 0 Å². The van der Waals surface area contributed by atoms with E-state index in [1.54, 1.807) is 0 Å². The zero-order valence-corrected chi connectivity index (χ0v) is 27.4. The number of aromatic nitrogens is 2. The lowest BCUT2D eigenvalue weighted by atomic mass is 9.80. The van der Waals surface area contributed by atoms with Gasteiger partial charge in [0.1, 0.15) is 0 Å². The van der Waals surface area contributed by atoms with E-state index in [0.717, 1.165) is 0 Å². The van der Waals surface area contributed by atoms with E-state index in [4.69, 9.17) is 35.6 Å². The molecule has 0 bridgehead atoms. The zero-order valence-electron chi connectivity index (χ0n) is 65.4. The van der Waals surface area contributed by atoms with Crippen molar-refractivity contribution in [3.05, 3.63) is 204 Å². The largest absolute Gasteiger partial charge is 0.228 e. The number of benzene rings is 8. The Bertz CT molecular complexity index is 4870. The van der Waals surface area contributed by atoms with Gasteiger partial charge >= 0.3 is 0 Å². The Kier molecular flexibility index (Phi) is 2.83. The minimum absolute atomic E-state index is 0.870. The molecule has 0 radical (unpaired) electrons. The van der Waals surface area contributed by atoms with Crippen molar-refractivity contribution in [3.63, 3.8) is 0 Å². The number of rotatable bonds is 6. The molecule has 0 amide bonds. The summed E-state index contributed by atoms with van der Waals surface area (Å²) in [6.45, 7) is -8.24. The first-order valence-corrected chi connectivity index (χ1v) is 15.9. The summed E-state index contributed by atoms with van der Waals surface area (Å²) in [4.78, 5) is 8.60. The van der Waals surface area contributed by atoms with E-state index < -0.39 is 313 Å². The van der Waals surface area contributed by atoms with Crippen LogP contribution < -0.4 is 0 Å². The van der Waals surface area contributed by atoms with E-state index in [2.05, 4.69) is 9.97 Å². The second-order valence-electron chi connectivity index (χ2n) is 11.6. The van der Waals surface area contributed by atoms with Gasteiger partial charge in [-0.3, -0.25) is 0 Å². The van der Waals surface area contributed by atoms with Gasteiger partial charge in [-0.25, -0.2) is 9.97 Å². The van der Waals surface area contributed by atoms with Gasteiger partial charge in [-0.1, -0.05) is 183 Å². The summed E-state index contributed by atoms with van der Waals surface area (Å²) in [5.74, 6) is -1.07. The predicted octanol–water partition coefficient (Wildman–Crippen LogP) is 13.9. The first kappa shape index (κ1) is 11.8. The Balaban J connectivity index is 1.41. The average Bonchev–Trinajstić information content (AvgIpc) is 1.52. The third kappa shape index (κ3) is 5.75. The van der Waals surface area contributed by atoms with Crippen LogP contribution in [0.15, 0.2) is 193 Å².